The first kappa shape index (κ1) is 17.0. The Bertz CT molecular complexity index is 776. The number of urea groups is 1. The minimum absolute atomic E-state index is 0.0213. The quantitative estimate of drug-likeness (QED) is 0.901. The standard InChI is InChI=1S/C19H20FN3O2/c1-13-3-2-4-14(11-13)18(24)23-10-9-17(12-23)22-19(25)21-16-7-5-15(20)6-8-16/h2-8,11,17H,9-10,12H2,1H3,(H2,21,22,25)/t17-/m0/s1. The highest BCUT2D eigenvalue weighted by atomic mass is 19.1. The molecule has 25 heavy (non-hydrogen) atoms. The van der Waals surface area contributed by atoms with Gasteiger partial charge in [0.15, 0.2) is 0 Å². The number of likely N-dealkylation sites (tertiary alicyclic amines) is 1. The SMILES string of the molecule is Cc1cccc(C(=O)N2CC[C@H](NC(=O)Nc3ccc(F)cc3)C2)c1. The number of anilines is 1. The summed E-state index contributed by atoms with van der Waals surface area (Å²) in [6, 6.07) is 12.6. The zero-order valence-corrected chi connectivity index (χ0v) is 14.0. The molecule has 0 spiro atoms. The van der Waals surface area contributed by atoms with Crippen molar-refractivity contribution in [1.82, 2.24) is 10.2 Å². The van der Waals surface area contributed by atoms with Gasteiger partial charge in [-0.15, -0.1) is 0 Å². The van der Waals surface area contributed by atoms with Crippen molar-refractivity contribution in [3.63, 3.8) is 0 Å². The largest absolute Gasteiger partial charge is 0.337 e. The van der Waals surface area contributed by atoms with Crippen molar-refractivity contribution in [2.75, 3.05) is 18.4 Å². The van der Waals surface area contributed by atoms with E-state index in [1.165, 1.54) is 24.3 Å². The van der Waals surface area contributed by atoms with E-state index in [4.69, 9.17) is 0 Å². The fourth-order valence-corrected chi connectivity index (χ4v) is 2.91. The second-order valence-electron chi connectivity index (χ2n) is 6.21. The summed E-state index contributed by atoms with van der Waals surface area (Å²) < 4.78 is 12.9. The highest BCUT2D eigenvalue weighted by molar-refractivity contribution is 5.95. The minimum Gasteiger partial charge on any atom is -0.337 e. The van der Waals surface area contributed by atoms with Crippen molar-refractivity contribution >= 4 is 17.6 Å². The normalized spacial score (nSPS) is 16.6. The van der Waals surface area contributed by atoms with Gasteiger partial charge in [0.05, 0.1) is 0 Å². The number of carbonyl (C=O) groups is 2. The maximum Gasteiger partial charge on any atom is 0.319 e. The lowest BCUT2D eigenvalue weighted by molar-refractivity contribution is 0.0789. The summed E-state index contributed by atoms with van der Waals surface area (Å²) in [5.74, 6) is -0.376. The van der Waals surface area contributed by atoms with E-state index in [0.717, 1.165) is 5.56 Å². The van der Waals surface area contributed by atoms with Crippen molar-refractivity contribution in [3.8, 4) is 0 Å². The number of hydrogen-bond donors (Lipinski definition) is 2. The Morgan fingerprint density at radius 3 is 2.64 bits per heavy atom. The van der Waals surface area contributed by atoms with Crippen LogP contribution in [0.25, 0.3) is 0 Å². The molecule has 2 aromatic rings. The molecule has 1 heterocycles. The highest BCUT2D eigenvalue weighted by Gasteiger charge is 2.28. The van der Waals surface area contributed by atoms with E-state index in [0.29, 0.717) is 30.8 Å². The summed E-state index contributed by atoms with van der Waals surface area (Å²) in [5, 5.41) is 5.51. The highest BCUT2D eigenvalue weighted by Crippen LogP contribution is 2.15. The van der Waals surface area contributed by atoms with Crippen LogP contribution in [0.4, 0.5) is 14.9 Å². The van der Waals surface area contributed by atoms with Crippen LogP contribution in [0.15, 0.2) is 48.5 Å². The van der Waals surface area contributed by atoms with Crippen LogP contribution in [0.2, 0.25) is 0 Å². The van der Waals surface area contributed by atoms with E-state index in [-0.39, 0.29) is 23.8 Å². The maximum absolute atomic E-state index is 12.9. The van der Waals surface area contributed by atoms with Crippen LogP contribution in [0.1, 0.15) is 22.3 Å². The number of amides is 3. The molecular formula is C19H20FN3O2. The van der Waals surface area contributed by atoms with Crippen LogP contribution in [0, 0.1) is 12.7 Å². The van der Waals surface area contributed by atoms with Crippen molar-refractivity contribution < 1.29 is 14.0 Å². The number of hydrogen-bond acceptors (Lipinski definition) is 2. The van der Waals surface area contributed by atoms with Gasteiger partial charge in [0.25, 0.3) is 5.91 Å². The summed E-state index contributed by atoms with van der Waals surface area (Å²) in [4.78, 5) is 26.3. The molecule has 3 rings (SSSR count). The third-order valence-electron chi connectivity index (χ3n) is 4.18. The summed E-state index contributed by atoms with van der Waals surface area (Å²) >= 11 is 0. The number of benzene rings is 2. The molecule has 2 N–H and O–H groups in total. The molecule has 0 bridgehead atoms. The lowest BCUT2D eigenvalue weighted by Gasteiger charge is -2.17. The average Bonchev–Trinajstić information content (AvgIpc) is 3.04. The molecule has 2 aromatic carbocycles. The first-order valence-corrected chi connectivity index (χ1v) is 8.20. The molecule has 0 radical (unpaired) electrons. The maximum atomic E-state index is 12.9. The van der Waals surface area contributed by atoms with Gasteiger partial charge < -0.3 is 15.5 Å². The number of carbonyl (C=O) groups excluding carboxylic acids is 2. The zero-order chi connectivity index (χ0) is 17.8. The predicted octanol–water partition coefficient (Wildman–Crippen LogP) is 3.17. The monoisotopic (exact) mass is 341 g/mol. The van der Waals surface area contributed by atoms with Crippen LogP contribution in [-0.2, 0) is 0 Å². The molecule has 0 unspecified atom stereocenters. The van der Waals surface area contributed by atoms with E-state index in [2.05, 4.69) is 10.6 Å². The molecule has 1 atom stereocenters. The molecule has 5 nitrogen and oxygen atoms in total. The fourth-order valence-electron chi connectivity index (χ4n) is 2.91. The van der Waals surface area contributed by atoms with Crippen LogP contribution < -0.4 is 10.6 Å². The van der Waals surface area contributed by atoms with E-state index >= 15 is 0 Å². The zero-order valence-electron chi connectivity index (χ0n) is 14.0. The van der Waals surface area contributed by atoms with Crippen molar-refractivity contribution in [1.29, 1.82) is 0 Å². The predicted molar refractivity (Wildman–Crippen MR) is 94.0 cm³/mol. The molecule has 130 valence electrons. The Labute approximate surface area is 145 Å². The first-order chi connectivity index (χ1) is 12.0. The van der Waals surface area contributed by atoms with Gasteiger partial charge in [0.1, 0.15) is 5.82 Å². The van der Waals surface area contributed by atoms with Crippen molar-refractivity contribution in [3.05, 3.63) is 65.5 Å². The van der Waals surface area contributed by atoms with Gasteiger partial charge in [-0.25, -0.2) is 9.18 Å². The van der Waals surface area contributed by atoms with Gasteiger partial charge in [0.2, 0.25) is 0 Å². The second kappa shape index (κ2) is 7.34. The molecule has 1 aliphatic heterocycles. The molecule has 0 aromatic heterocycles. The molecule has 0 saturated carbocycles. The Kier molecular flexibility index (Phi) is 4.97. The van der Waals surface area contributed by atoms with Gasteiger partial charge >= 0.3 is 6.03 Å². The first-order valence-electron chi connectivity index (χ1n) is 8.20. The van der Waals surface area contributed by atoms with Crippen molar-refractivity contribution in [2.45, 2.75) is 19.4 Å². The molecule has 0 aliphatic carbocycles. The van der Waals surface area contributed by atoms with E-state index < -0.39 is 0 Å². The van der Waals surface area contributed by atoms with Gasteiger partial charge in [-0.05, 0) is 49.7 Å². The number of nitrogens with zero attached hydrogens (tertiary/aromatic N) is 1. The molecule has 1 saturated heterocycles. The van der Waals surface area contributed by atoms with Crippen LogP contribution in [0.3, 0.4) is 0 Å². The van der Waals surface area contributed by atoms with Gasteiger partial charge in [-0.1, -0.05) is 17.7 Å². The van der Waals surface area contributed by atoms with Crippen LogP contribution in [0.5, 0.6) is 0 Å². The third kappa shape index (κ3) is 4.35. The third-order valence-corrected chi connectivity index (χ3v) is 4.18. The average molecular weight is 341 g/mol. The Morgan fingerprint density at radius 1 is 1.16 bits per heavy atom. The molecule has 6 heteroatoms. The van der Waals surface area contributed by atoms with E-state index in [1.54, 1.807) is 11.0 Å². The van der Waals surface area contributed by atoms with E-state index in [1.807, 2.05) is 25.1 Å². The lowest BCUT2D eigenvalue weighted by Crippen LogP contribution is -2.40. The van der Waals surface area contributed by atoms with Gasteiger partial charge in [-0.2, -0.15) is 0 Å². The fraction of sp³-hybridized carbons (Fsp3) is 0.263. The van der Waals surface area contributed by atoms with Gasteiger partial charge in [0, 0.05) is 30.4 Å². The molecule has 3 amide bonds. The Balaban J connectivity index is 1.53. The number of rotatable bonds is 3. The topological polar surface area (TPSA) is 61.4 Å². The summed E-state index contributed by atoms with van der Waals surface area (Å²) in [7, 11) is 0. The summed E-state index contributed by atoms with van der Waals surface area (Å²) in [5.41, 5.74) is 2.22. The molecule has 1 fully saturated rings. The number of halogens is 1. The number of aryl methyl sites for hydroxylation is 1. The Morgan fingerprint density at radius 2 is 1.92 bits per heavy atom. The number of nitrogens with one attached hydrogen (secondary N) is 2. The summed E-state index contributed by atoms with van der Waals surface area (Å²) in [6.07, 6.45) is 0.703. The van der Waals surface area contributed by atoms with Crippen LogP contribution in [-0.4, -0.2) is 36.0 Å². The van der Waals surface area contributed by atoms with Crippen molar-refractivity contribution in [2.24, 2.45) is 0 Å². The van der Waals surface area contributed by atoms with Gasteiger partial charge in [-0.3, -0.25) is 4.79 Å². The van der Waals surface area contributed by atoms with E-state index in [9.17, 15) is 14.0 Å². The second-order valence-corrected chi connectivity index (χ2v) is 6.21. The minimum atomic E-state index is -0.360. The Hall–Kier alpha value is -2.89. The summed E-state index contributed by atoms with van der Waals surface area (Å²) in [6.45, 7) is 3.03. The molecule has 1 aliphatic rings. The van der Waals surface area contributed by atoms with Crippen LogP contribution >= 0.6 is 0 Å². The molecular weight excluding hydrogens is 321 g/mol. The smallest absolute Gasteiger partial charge is 0.319 e. The lowest BCUT2D eigenvalue weighted by atomic mass is 10.1.